The summed E-state index contributed by atoms with van der Waals surface area (Å²) in [7, 11) is 0. The quantitative estimate of drug-likeness (QED) is 0.650. The van der Waals surface area contributed by atoms with Crippen LogP contribution < -0.4 is 11.3 Å². The van der Waals surface area contributed by atoms with Gasteiger partial charge in [-0.1, -0.05) is 12.1 Å². The molecule has 0 spiro atoms. The van der Waals surface area contributed by atoms with E-state index in [1.807, 2.05) is 13.0 Å². The van der Waals surface area contributed by atoms with Crippen molar-refractivity contribution in [3.63, 3.8) is 0 Å². The minimum atomic E-state index is -0.310. The Morgan fingerprint density at radius 2 is 2.32 bits per heavy atom. The smallest absolute Gasteiger partial charge is 0.138 e. The first-order valence-electron chi connectivity index (χ1n) is 5.94. The fourth-order valence-electron chi connectivity index (χ4n) is 1.94. The van der Waals surface area contributed by atoms with E-state index in [0.29, 0.717) is 10.9 Å². The zero-order chi connectivity index (χ0) is 13.8. The van der Waals surface area contributed by atoms with Gasteiger partial charge in [-0.05, 0) is 34.5 Å². The van der Waals surface area contributed by atoms with E-state index in [-0.39, 0.29) is 11.9 Å². The number of aromatic nitrogens is 3. The van der Waals surface area contributed by atoms with Crippen molar-refractivity contribution in [2.24, 2.45) is 5.84 Å². The molecule has 0 radical (unpaired) electrons. The predicted octanol–water partition coefficient (Wildman–Crippen LogP) is 1.95. The van der Waals surface area contributed by atoms with Crippen molar-refractivity contribution in [2.45, 2.75) is 25.9 Å². The molecule has 1 aromatic carbocycles. The van der Waals surface area contributed by atoms with Crippen molar-refractivity contribution in [1.29, 1.82) is 0 Å². The maximum absolute atomic E-state index is 13.6. The van der Waals surface area contributed by atoms with Crippen LogP contribution in [0, 0.1) is 5.82 Å². The van der Waals surface area contributed by atoms with Crippen LogP contribution in [0.5, 0.6) is 0 Å². The number of nitrogens with zero attached hydrogens (tertiary/aromatic N) is 3. The molecule has 7 heteroatoms. The SMILES string of the molecule is CCn1ncnc1CC(NN)c1cccc(F)c1Br. The highest BCUT2D eigenvalue weighted by molar-refractivity contribution is 9.10. The van der Waals surface area contributed by atoms with Gasteiger partial charge in [0.2, 0.25) is 0 Å². The Hall–Kier alpha value is -1.31. The van der Waals surface area contributed by atoms with Crippen LogP contribution >= 0.6 is 15.9 Å². The van der Waals surface area contributed by atoms with Gasteiger partial charge in [0.05, 0.1) is 10.5 Å². The van der Waals surface area contributed by atoms with Gasteiger partial charge in [0.1, 0.15) is 18.0 Å². The first-order chi connectivity index (χ1) is 9.17. The van der Waals surface area contributed by atoms with E-state index in [2.05, 4.69) is 31.4 Å². The maximum atomic E-state index is 13.6. The van der Waals surface area contributed by atoms with E-state index >= 15 is 0 Å². The zero-order valence-corrected chi connectivity index (χ0v) is 12.1. The van der Waals surface area contributed by atoms with Gasteiger partial charge < -0.3 is 0 Å². The Morgan fingerprint density at radius 3 is 3.00 bits per heavy atom. The molecule has 1 atom stereocenters. The van der Waals surface area contributed by atoms with Crippen LogP contribution in [0.25, 0.3) is 0 Å². The van der Waals surface area contributed by atoms with E-state index in [0.717, 1.165) is 17.9 Å². The summed E-state index contributed by atoms with van der Waals surface area (Å²) in [5, 5.41) is 4.11. The van der Waals surface area contributed by atoms with E-state index < -0.39 is 0 Å². The molecule has 3 N–H and O–H groups in total. The number of hydrogen-bond acceptors (Lipinski definition) is 4. The standard InChI is InChI=1S/C12H15BrFN5/c1-2-19-11(16-7-17-19)6-10(18-15)8-4-3-5-9(14)12(8)13/h3-5,7,10,18H,2,6,15H2,1H3. The van der Waals surface area contributed by atoms with Gasteiger partial charge >= 0.3 is 0 Å². The number of nitrogens with two attached hydrogens (primary N) is 1. The first kappa shape index (κ1) is 14.1. The highest BCUT2D eigenvalue weighted by Crippen LogP contribution is 2.27. The van der Waals surface area contributed by atoms with Crippen LogP contribution in [0.1, 0.15) is 24.4 Å². The molecule has 0 aliphatic heterocycles. The Labute approximate surface area is 119 Å². The predicted molar refractivity (Wildman–Crippen MR) is 73.6 cm³/mol. The lowest BCUT2D eigenvalue weighted by atomic mass is 10.0. The molecular weight excluding hydrogens is 313 g/mol. The fourth-order valence-corrected chi connectivity index (χ4v) is 2.48. The molecule has 0 amide bonds. The summed E-state index contributed by atoms with van der Waals surface area (Å²) in [5.41, 5.74) is 3.46. The lowest BCUT2D eigenvalue weighted by Gasteiger charge is -2.17. The van der Waals surface area contributed by atoms with Gasteiger partial charge in [0, 0.05) is 13.0 Å². The zero-order valence-electron chi connectivity index (χ0n) is 10.5. The number of halogens is 2. The molecule has 0 bridgehead atoms. The van der Waals surface area contributed by atoms with Crippen molar-refractivity contribution in [1.82, 2.24) is 20.2 Å². The average Bonchev–Trinajstić information content (AvgIpc) is 2.87. The molecule has 0 saturated heterocycles. The molecule has 2 aromatic rings. The second-order valence-electron chi connectivity index (χ2n) is 4.06. The number of hydrogen-bond donors (Lipinski definition) is 2. The lowest BCUT2D eigenvalue weighted by Crippen LogP contribution is -2.31. The monoisotopic (exact) mass is 327 g/mol. The highest BCUT2D eigenvalue weighted by atomic mass is 79.9. The van der Waals surface area contributed by atoms with Crippen LogP contribution in [0.2, 0.25) is 0 Å². The minimum Gasteiger partial charge on any atom is -0.271 e. The summed E-state index contributed by atoms with van der Waals surface area (Å²) in [4.78, 5) is 4.20. The Morgan fingerprint density at radius 1 is 1.53 bits per heavy atom. The van der Waals surface area contributed by atoms with Gasteiger partial charge in [0.15, 0.2) is 0 Å². The van der Waals surface area contributed by atoms with Crippen molar-refractivity contribution in [3.8, 4) is 0 Å². The average molecular weight is 328 g/mol. The van der Waals surface area contributed by atoms with Gasteiger partial charge in [-0.15, -0.1) is 0 Å². The molecular formula is C12H15BrFN5. The van der Waals surface area contributed by atoms with Crippen molar-refractivity contribution in [2.75, 3.05) is 0 Å². The van der Waals surface area contributed by atoms with Crippen LogP contribution in [-0.4, -0.2) is 14.8 Å². The third-order valence-corrected chi connectivity index (χ3v) is 3.78. The Kier molecular flexibility index (Phi) is 4.62. The van der Waals surface area contributed by atoms with Crippen molar-refractivity contribution in [3.05, 3.63) is 46.2 Å². The summed E-state index contributed by atoms with van der Waals surface area (Å²) < 4.78 is 15.8. The van der Waals surface area contributed by atoms with Crippen LogP contribution in [0.3, 0.4) is 0 Å². The number of rotatable bonds is 5. The molecule has 2 rings (SSSR count). The molecule has 19 heavy (non-hydrogen) atoms. The van der Waals surface area contributed by atoms with Gasteiger partial charge in [0.25, 0.3) is 0 Å². The molecule has 1 heterocycles. The Bertz CT molecular complexity index is 557. The number of benzene rings is 1. The lowest BCUT2D eigenvalue weighted by molar-refractivity contribution is 0.504. The molecule has 1 unspecified atom stereocenters. The molecule has 0 aliphatic carbocycles. The minimum absolute atomic E-state index is 0.237. The number of hydrazine groups is 1. The van der Waals surface area contributed by atoms with Gasteiger partial charge in [-0.3, -0.25) is 16.0 Å². The van der Waals surface area contributed by atoms with Gasteiger partial charge in [-0.2, -0.15) is 5.10 Å². The first-order valence-corrected chi connectivity index (χ1v) is 6.73. The van der Waals surface area contributed by atoms with Crippen molar-refractivity contribution >= 4 is 15.9 Å². The molecule has 102 valence electrons. The van der Waals surface area contributed by atoms with E-state index in [1.165, 1.54) is 12.4 Å². The second kappa shape index (κ2) is 6.23. The fraction of sp³-hybridized carbons (Fsp3) is 0.333. The molecule has 1 aromatic heterocycles. The molecule has 5 nitrogen and oxygen atoms in total. The number of nitrogens with one attached hydrogen (secondary N) is 1. The van der Waals surface area contributed by atoms with Gasteiger partial charge in [-0.25, -0.2) is 9.37 Å². The largest absolute Gasteiger partial charge is 0.271 e. The topological polar surface area (TPSA) is 68.8 Å². The van der Waals surface area contributed by atoms with Crippen LogP contribution in [-0.2, 0) is 13.0 Å². The summed E-state index contributed by atoms with van der Waals surface area (Å²) in [6, 6.07) is 4.64. The highest BCUT2D eigenvalue weighted by Gasteiger charge is 2.18. The maximum Gasteiger partial charge on any atom is 0.138 e. The summed E-state index contributed by atoms with van der Waals surface area (Å²) in [6.45, 7) is 2.72. The van der Waals surface area contributed by atoms with Crippen molar-refractivity contribution < 1.29 is 4.39 Å². The van der Waals surface area contributed by atoms with E-state index in [9.17, 15) is 4.39 Å². The summed E-state index contributed by atoms with van der Waals surface area (Å²) in [6.07, 6.45) is 2.04. The molecule has 0 fully saturated rings. The third-order valence-electron chi connectivity index (χ3n) is 2.94. The number of aryl methyl sites for hydroxylation is 1. The van der Waals surface area contributed by atoms with E-state index in [4.69, 9.17) is 5.84 Å². The second-order valence-corrected chi connectivity index (χ2v) is 4.85. The van der Waals surface area contributed by atoms with Crippen LogP contribution in [0.15, 0.2) is 29.0 Å². The third kappa shape index (κ3) is 2.99. The van der Waals surface area contributed by atoms with E-state index in [1.54, 1.807) is 10.7 Å². The Balaban J connectivity index is 2.28. The summed E-state index contributed by atoms with van der Waals surface area (Å²) >= 11 is 3.25. The van der Waals surface area contributed by atoms with Crippen LogP contribution in [0.4, 0.5) is 4.39 Å². The normalized spacial score (nSPS) is 12.6. The molecule has 0 saturated carbocycles. The summed E-state index contributed by atoms with van der Waals surface area (Å²) in [5.74, 6) is 6.08. The molecule has 0 aliphatic rings.